The number of carbonyl (C=O) groups is 1. The van der Waals surface area contributed by atoms with Gasteiger partial charge in [0.15, 0.2) is 5.69 Å². The molecule has 5 heteroatoms. The molecule has 0 unspecified atom stereocenters. The summed E-state index contributed by atoms with van der Waals surface area (Å²) in [5.41, 5.74) is 5.98. The predicted octanol–water partition coefficient (Wildman–Crippen LogP) is 6.10. The van der Waals surface area contributed by atoms with Crippen molar-refractivity contribution in [3.8, 4) is 16.9 Å². The Balaban J connectivity index is 1.47. The first-order chi connectivity index (χ1) is 15.0. The van der Waals surface area contributed by atoms with Crippen LogP contribution >= 0.6 is 0 Å². The topological polar surface area (TPSA) is 64.4 Å². The molecule has 0 aliphatic rings. The van der Waals surface area contributed by atoms with Gasteiger partial charge in [-0.05, 0) is 61.2 Å². The van der Waals surface area contributed by atoms with E-state index in [9.17, 15) is 4.79 Å². The molecule has 1 amide bonds. The SMILES string of the molecule is Cc1cccc(OCc2c(C(=O)Nc3ccc(-c4ccccc4)cc3)noc2C)c1C. The van der Waals surface area contributed by atoms with Crippen molar-refractivity contribution in [3.05, 3.63) is 101 Å². The summed E-state index contributed by atoms with van der Waals surface area (Å²) in [6.07, 6.45) is 0. The lowest BCUT2D eigenvalue weighted by Gasteiger charge is -2.11. The first kappa shape index (κ1) is 20.4. The van der Waals surface area contributed by atoms with Gasteiger partial charge in [-0.2, -0.15) is 0 Å². The summed E-state index contributed by atoms with van der Waals surface area (Å²) in [6.45, 7) is 6.03. The molecular weight excluding hydrogens is 388 g/mol. The standard InChI is InChI=1S/C26H24N2O3/c1-17-8-7-11-24(18(17)2)30-16-23-19(3)31-28-25(23)26(29)27-22-14-12-21(13-15-22)20-9-5-4-6-10-20/h4-15H,16H2,1-3H3,(H,27,29). The maximum Gasteiger partial charge on any atom is 0.278 e. The van der Waals surface area contributed by atoms with Crippen LogP contribution in [0.1, 0.15) is 32.9 Å². The van der Waals surface area contributed by atoms with Gasteiger partial charge in [-0.3, -0.25) is 4.79 Å². The van der Waals surface area contributed by atoms with E-state index in [0.29, 0.717) is 17.0 Å². The highest BCUT2D eigenvalue weighted by Gasteiger charge is 2.21. The number of carbonyl (C=O) groups excluding carboxylic acids is 1. The zero-order valence-corrected chi connectivity index (χ0v) is 17.8. The number of nitrogens with zero attached hydrogens (tertiary/aromatic N) is 1. The molecule has 1 aromatic heterocycles. The first-order valence-electron chi connectivity index (χ1n) is 10.1. The number of anilines is 1. The van der Waals surface area contributed by atoms with Crippen LogP contribution in [0.2, 0.25) is 0 Å². The zero-order chi connectivity index (χ0) is 21.8. The van der Waals surface area contributed by atoms with Gasteiger partial charge in [0.25, 0.3) is 5.91 Å². The van der Waals surface area contributed by atoms with E-state index in [0.717, 1.165) is 28.0 Å². The quantitative estimate of drug-likeness (QED) is 0.416. The number of nitrogens with one attached hydrogen (secondary N) is 1. The smallest absolute Gasteiger partial charge is 0.278 e. The fourth-order valence-corrected chi connectivity index (χ4v) is 3.34. The van der Waals surface area contributed by atoms with Crippen molar-refractivity contribution in [1.29, 1.82) is 0 Å². The van der Waals surface area contributed by atoms with E-state index < -0.39 is 0 Å². The Morgan fingerprint density at radius 3 is 2.35 bits per heavy atom. The van der Waals surface area contributed by atoms with Gasteiger partial charge < -0.3 is 14.6 Å². The van der Waals surface area contributed by atoms with E-state index >= 15 is 0 Å². The second-order valence-corrected chi connectivity index (χ2v) is 7.45. The number of amides is 1. The molecule has 3 aromatic carbocycles. The van der Waals surface area contributed by atoms with E-state index in [-0.39, 0.29) is 18.2 Å². The molecule has 1 heterocycles. The van der Waals surface area contributed by atoms with Crippen LogP contribution in [0.3, 0.4) is 0 Å². The number of benzene rings is 3. The Morgan fingerprint density at radius 2 is 1.61 bits per heavy atom. The van der Waals surface area contributed by atoms with Gasteiger partial charge in [-0.15, -0.1) is 0 Å². The van der Waals surface area contributed by atoms with Crippen molar-refractivity contribution in [2.45, 2.75) is 27.4 Å². The predicted molar refractivity (Wildman–Crippen MR) is 121 cm³/mol. The molecule has 0 fully saturated rings. The van der Waals surface area contributed by atoms with Crippen LogP contribution in [0, 0.1) is 20.8 Å². The molecule has 0 atom stereocenters. The van der Waals surface area contributed by atoms with Gasteiger partial charge >= 0.3 is 0 Å². The van der Waals surface area contributed by atoms with E-state index in [2.05, 4.69) is 10.5 Å². The number of aromatic nitrogens is 1. The highest BCUT2D eigenvalue weighted by atomic mass is 16.5. The number of hydrogen-bond donors (Lipinski definition) is 1. The average molecular weight is 412 g/mol. The molecule has 4 aromatic rings. The van der Waals surface area contributed by atoms with Crippen LogP contribution in [0.25, 0.3) is 11.1 Å². The van der Waals surface area contributed by atoms with E-state index in [1.165, 1.54) is 0 Å². The molecule has 31 heavy (non-hydrogen) atoms. The van der Waals surface area contributed by atoms with Gasteiger partial charge in [0.1, 0.15) is 18.1 Å². The van der Waals surface area contributed by atoms with Gasteiger partial charge in [0, 0.05) is 5.69 Å². The van der Waals surface area contributed by atoms with Gasteiger partial charge in [-0.1, -0.05) is 59.8 Å². The fourth-order valence-electron chi connectivity index (χ4n) is 3.34. The number of rotatable bonds is 6. The van der Waals surface area contributed by atoms with Crippen molar-refractivity contribution in [2.75, 3.05) is 5.32 Å². The summed E-state index contributed by atoms with van der Waals surface area (Å²) in [5.74, 6) is 1.02. The zero-order valence-electron chi connectivity index (χ0n) is 17.8. The van der Waals surface area contributed by atoms with Crippen LogP contribution in [0.15, 0.2) is 77.3 Å². The molecule has 5 nitrogen and oxygen atoms in total. The molecule has 1 N–H and O–H groups in total. The Morgan fingerprint density at radius 1 is 0.903 bits per heavy atom. The second-order valence-electron chi connectivity index (χ2n) is 7.45. The summed E-state index contributed by atoms with van der Waals surface area (Å²) in [4.78, 5) is 12.8. The van der Waals surface area contributed by atoms with Crippen LogP contribution in [-0.4, -0.2) is 11.1 Å². The molecule has 0 aliphatic heterocycles. The molecule has 4 rings (SSSR count). The molecule has 0 bridgehead atoms. The Kier molecular flexibility index (Phi) is 5.85. The van der Waals surface area contributed by atoms with Crippen molar-refractivity contribution in [2.24, 2.45) is 0 Å². The monoisotopic (exact) mass is 412 g/mol. The third-order valence-corrected chi connectivity index (χ3v) is 5.38. The van der Waals surface area contributed by atoms with Gasteiger partial charge in [-0.25, -0.2) is 0 Å². The molecule has 0 aliphatic carbocycles. The van der Waals surface area contributed by atoms with Crippen LogP contribution in [0.4, 0.5) is 5.69 Å². The summed E-state index contributed by atoms with van der Waals surface area (Å²) >= 11 is 0. The maximum absolute atomic E-state index is 12.8. The van der Waals surface area contributed by atoms with Crippen LogP contribution in [-0.2, 0) is 6.61 Å². The molecule has 0 radical (unpaired) electrons. The van der Waals surface area contributed by atoms with Crippen LogP contribution < -0.4 is 10.1 Å². The number of aryl methyl sites for hydroxylation is 2. The lowest BCUT2D eigenvalue weighted by molar-refractivity contribution is 0.101. The summed E-state index contributed by atoms with van der Waals surface area (Å²) in [7, 11) is 0. The Bertz CT molecular complexity index is 1200. The minimum absolute atomic E-state index is 0.204. The molecule has 156 valence electrons. The molecule has 0 saturated heterocycles. The third-order valence-electron chi connectivity index (χ3n) is 5.38. The van der Waals surface area contributed by atoms with Crippen molar-refractivity contribution in [1.82, 2.24) is 5.16 Å². The lowest BCUT2D eigenvalue weighted by Crippen LogP contribution is -2.15. The first-order valence-corrected chi connectivity index (χ1v) is 10.1. The normalized spacial score (nSPS) is 10.7. The molecule has 0 spiro atoms. The summed E-state index contributed by atoms with van der Waals surface area (Å²) in [6, 6.07) is 23.7. The Labute approximate surface area is 181 Å². The van der Waals surface area contributed by atoms with Crippen LogP contribution in [0.5, 0.6) is 5.75 Å². The third kappa shape index (κ3) is 4.51. The minimum Gasteiger partial charge on any atom is -0.488 e. The van der Waals surface area contributed by atoms with E-state index in [1.807, 2.05) is 86.6 Å². The number of ether oxygens (including phenoxy) is 1. The fraction of sp³-hybridized carbons (Fsp3) is 0.154. The van der Waals surface area contributed by atoms with Crippen molar-refractivity contribution < 1.29 is 14.1 Å². The summed E-state index contributed by atoms with van der Waals surface area (Å²) < 4.78 is 11.3. The largest absolute Gasteiger partial charge is 0.488 e. The minimum atomic E-state index is -0.330. The second kappa shape index (κ2) is 8.88. The maximum atomic E-state index is 12.8. The molecular formula is C26H24N2O3. The highest BCUT2D eigenvalue weighted by Crippen LogP contribution is 2.25. The van der Waals surface area contributed by atoms with Crippen molar-refractivity contribution >= 4 is 11.6 Å². The average Bonchev–Trinajstić information content (AvgIpc) is 3.16. The lowest BCUT2D eigenvalue weighted by atomic mass is 10.1. The number of hydrogen-bond acceptors (Lipinski definition) is 4. The van der Waals surface area contributed by atoms with Crippen molar-refractivity contribution in [3.63, 3.8) is 0 Å². The van der Waals surface area contributed by atoms with E-state index in [1.54, 1.807) is 6.92 Å². The molecule has 0 saturated carbocycles. The highest BCUT2D eigenvalue weighted by molar-refractivity contribution is 6.04. The van der Waals surface area contributed by atoms with Gasteiger partial charge in [0.05, 0.1) is 5.56 Å². The summed E-state index contributed by atoms with van der Waals surface area (Å²) in [5, 5.41) is 6.85. The Hall–Kier alpha value is -3.86. The van der Waals surface area contributed by atoms with Gasteiger partial charge in [0.2, 0.25) is 0 Å². The van der Waals surface area contributed by atoms with E-state index in [4.69, 9.17) is 9.26 Å².